The van der Waals surface area contributed by atoms with Gasteiger partial charge in [0.05, 0.1) is 0 Å². The number of carbonyl (C=O) groups is 1. The molecule has 21 heavy (non-hydrogen) atoms. The molecule has 0 spiro atoms. The fourth-order valence-corrected chi connectivity index (χ4v) is 1.78. The van der Waals surface area contributed by atoms with Gasteiger partial charge >= 0.3 is 6.09 Å². The molecule has 1 heterocycles. The molecule has 2 N–H and O–H groups in total. The van der Waals surface area contributed by atoms with E-state index in [1.54, 1.807) is 0 Å². The van der Waals surface area contributed by atoms with Crippen molar-refractivity contribution in [3.05, 3.63) is 41.7 Å². The first-order valence-corrected chi connectivity index (χ1v) is 6.70. The highest BCUT2D eigenvalue weighted by Crippen LogP contribution is 2.19. The van der Waals surface area contributed by atoms with Crippen LogP contribution in [0.3, 0.4) is 0 Å². The Hall–Kier alpha value is -2.44. The van der Waals surface area contributed by atoms with Gasteiger partial charge in [0.2, 0.25) is 5.82 Å². The van der Waals surface area contributed by atoms with E-state index in [1.165, 1.54) is 0 Å². The normalized spacial score (nSPS) is 12.7. The smallest absolute Gasteiger partial charge is 0.408 e. The number of nitrogens with zero attached hydrogens (tertiary/aromatic N) is 3. The first kappa shape index (κ1) is 15.0. The number of alkyl carbamates (subject to hydrolysis) is 1. The van der Waals surface area contributed by atoms with Crippen molar-refractivity contribution in [2.45, 2.75) is 38.8 Å². The minimum absolute atomic E-state index is 0.350. The monoisotopic (exact) mass is 289 g/mol. The summed E-state index contributed by atoms with van der Waals surface area (Å²) >= 11 is 0. The number of amides is 1. The predicted molar refractivity (Wildman–Crippen MR) is 76.4 cm³/mol. The average molecular weight is 289 g/mol. The quantitative estimate of drug-likeness (QED) is 0.898. The van der Waals surface area contributed by atoms with Gasteiger partial charge in [-0.05, 0) is 26.3 Å². The summed E-state index contributed by atoms with van der Waals surface area (Å²) in [4.78, 5) is 11.9. The molecule has 1 atom stereocenters. The molecule has 0 aliphatic rings. The number of aromatic amines is 1. The van der Waals surface area contributed by atoms with Gasteiger partial charge in [-0.3, -0.25) is 0 Å². The molecular weight excluding hydrogens is 270 g/mol. The van der Waals surface area contributed by atoms with Gasteiger partial charge in [-0.2, -0.15) is 5.21 Å². The molecule has 2 rings (SSSR count). The lowest BCUT2D eigenvalue weighted by atomic mass is 10.1. The van der Waals surface area contributed by atoms with Crippen LogP contribution in [0.25, 0.3) is 0 Å². The third-order valence-electron chi connectivity index (χ3n) is 2.64. The lowest BCUT2D eigenvalue weighted by Gasteiger charge is -2.22. The van der Waals surface area contributed by atoms with E-state index in [-0.39, 0.29) is 5.54 Å². The Balaban J connectivity index is 2.08. The second-order valence-electron chi connectivity index (χ2n) is 5.73. The zero-order chi connectivity index (χ0) is 15.3. The maximum absolute atomic E-state index is 11.9. The number of carbonyl (C=O) groups excluding carboxylic acids is 1. The maximum Gasteiger partial charge on any atom is 0.408 e. The average Bonchev–Trinajstić information content (AvgIpc) is 2.90. The molecule has 2 aromatic rings. The van der Waals surface area contributed by atoms with Gasteiger partial charge in [-0.25, -0.2) is 4.79 Å². The third kappa shape index (κ3) is 4.87. The minimum atomic E-state index is -0.589. The zero-order valence-electron chi connectivity index (χ0n) is 12.3. The van der Waals surface area contributed by atoms with Crippen LogP contribution < -0.4 is 5.32 Å². The van der Waals surface area contributed by atoms with Crippen LogP contribution in [0, 0.1) is 0 Å². The van der Waals surface area contributed by atoms with Crippen LogP contribution >= 0.6 is 0 Å². The minimum Gasteiger partial charge on any atom is -0.437 e. The Bertz CT molecular complexity index is 563. The topological polar surface area (TPSA) is 92.8 Å². The van der Waals surface area contributed by atoms with Gasteiger partial charge in [0.15, 0.2) is 6.10 Å². The van der Waals surface area contributed by atoms with Gasteiger partial charge in [0.25, 0.3) is 0 Å². The number of hydrogen-bond donors (Lipinski definition) is 2. The van der Waals surface area contributed by atoms with Crippen LogP contribution in [-0.4, -0.2) is 32.3 Å². The lowest BCUT2D eigenvalue weighted by molar-refractivity contribution is 0.0865. The van der Waals surface area contributed by atoms with Crippen LogP contribution in [0.1, 0.15) is 38.3 Å². The fourth-order valence-electron chi connectivity index (χ4n) is 1.78. The molecule has 1 aromatic carbocycles. The van der Waals surface area contributed by atoms with E-state index in [2.05, 4.69) is 25.9 Å². The number of rotatable bonds is 4. The summed E-state index contributed by atoms with van der Waals surface area (Å²) in [6.45, 7) is 5.65. The van der Waals surface area contributed by atoms with Crippen molar-refractivity contribution in [3.63, 3.8) is 0 Å². The Labute approximate surface area is 123 Å². The number of aromatic nitrogens is 4. The highest BCUT2D eigenvalue weighted by molar-refractivity contribution is 5.68. The number of nitrogens with one attached hydrogen (secondary N) is 2. The van der Waals surface area contributed by atoms with Crippen LogP contribution in [-0.2, 0) is 11.2 Å². The molecule has 7 nitrogen and oxygen atoms in total. The summed E-state index contributed by atoms with van der Waals surface area (Å²) in [6.07, 6.45) is -0.612. The van der Waals surface area contributed by atoms with Crippen molar-refractivity contribution in [3.8, 4) is 0 Å². The van der Waals surface area contributed by atoms with Crippen molar-refractivity contribution >= 4 is 6.09 Å². The summed E-state index contributed by atoms with van der Waals surface area (Å²) in [5, 5.41) is 16.5. The second-order valence-corrected chi connectivity index (χ2v) is 5.73. The summed E-state index contributed by atoms with van der Waals surface area (Å²) in [7, 11) is 0. The molecule has 1 amide bonds. The number of ether oxygens (including phenoxy) is 1. The fraction of sp³-hybridized carbons (Fsp3) is 0.429. The van der Waals surface area contributed by atoms with Crippen LogP contribution in [0.5, 0.6) is 0 Å². The van der Waals surface area contributed by atoms with Gasteiger partial charge in [0, 0.05) is 12.0 Å². The van der Waals surface area contributed by atoms with E-state index < -0.39 is 12.2 Å². The molecule has 0 radical (unpaired) electrons. The number of benzene rings is 1. The van der Waals surface area contributed by atoms with Crippen LogP contribution in [0.2, 0.25) is 0 Å². The van der Waals surface area contributed by atoms with E-state index >= 15 is 0 Å². The summed E-state index contributed by atoms with van der Waals surface area (Å²) < 4.78 is 5.44. The Morgan fingerprint density at radius 1 is 1.33 bits per heavy atom. The van der Waals surface area contributed by atoms with Crippen molar-refractivity contribution in [1.29, 1.82) is 0 Å². The van der Waals surface area contributed by atoms with Crippen molar-refractivity contribution < 1.29 is 9.53 Å². The molecule has 0 aliphatic heterocycles. The number of tetrazole rings is 1. The molecule has 112 valence electrons. The van der Waals surface area contributed by atoms with Crippen LogP contribution in [0.15, 0.2) is 30.3 Å². The third-order valence-corrected chi connectivity index (χ3v) is 2.64. The maximum atomic E-state index is 11.9. The van der Waals surface area contributed by atoms with Crippen molar-refractivity contribution in [2.24, 2.45) is 0 Å². The zero-order valence-corrected chi connectivity index (χ0v) is 12.3. The number of hydrogen-bond acceptors (Lipinski definition) is 5. The SMILES string of the molecule is CC(C)(C)NC(=O)OC(Cc1ccccc1)c1nn[nH]n1. The highest BCUT2D eigenvalue weighted by atomic mass is 16.6. The molecule has 0 aliphatic carbocycles. The summed E-state index contributed by atoms with van der Waals surface area (Å²) in [5.41, 5.74) is 0.655. The Morgan fingerprint density at radius 3 is 2.62 bits per heavy atom. The predicted octanol–water partition coefficient (Wildman–Crippen LogP) is 2.01. The Morgan fingerprint density at radius 2 is 2.05 bits per heavy atom. The standard InChI is InChI=1S/C14H19N5O2/c1-14(2,3)15-13(20)21-11(12-16-18-19-17-12)9-10-7-5-4-6-8-10/h4-8,11H,9H2,1-3H3,(H,15,20)(H,16,17,18,19). The van der Waals surface area contributed by atoms with Gasteiger partial charge in [0.1, 0.15) is 0 Å². The van der Waals surface area contributed by atoms with E-state index in [4.69, 9.17) is 4.74 Å². The molecule has 0 fully saturated rings. The molecule has 1 aromatic heterocycles. The number of H-pyrrole nitrogens is 1. The Kier molecular flexibility index (Phi) is 4.52. The van der Waals surface area contributed by atoms with Gasteiger partial charge in [-0.15, -0.1) is 10.2 Å². The molecular formula is C14H19N5O2. The van der Waals surface area contributed by atoms with E-state index in [0.29, 0.717) is 12.2 Å². The van der Waals surface area contributed by atoms with Crippen LogP contribution in [0.4, 0.5) is 4.79 Å². The first-order valence-electron chi connectivity index (χ1n) is 6.70. The van der Waals surface area contributed by atoms with E-state index in [9.17, 15) is 4.79 Å². The largest absolute Gasteiger partial charge is 0.437 e. The lowest BCUT2D eigenvalue weighted by Crippen LogP contribution is -2.41. The molecule has 0 bridgehead atoms. The van der Waals surface area contributed by atoms with Gasteiger partial charge in [-0.1, -0.05) is 35.5 Å². The first-order chi connectivity index (χ1) is 9.94. The molecule has 1 unspecified atom stereocenters. The molecule has 0 saturated heterocycles. The molecule has 7 heteroatoms. The van der Waals surface area contributed by atoms with Crippen molar-refractivity contribution in [1.82, 2.24) is 25.9 Å². The van der Waals surface area contributed by atoms with Gasteiger partial charge < -0.3 is 10.1 Å². The summed E-state index contributed by atoms with van der Waals surface area (Å²) in [5.74, 6) is 0.350. The summed E-state index contributed by atoms with van der Waals surface area (Å²) in [6, 6.07) is 9.70. The second kappa shape index (κ2) is 6.34. The molecule has 0 saturated carbocycles. The highest BCUT2D eigenvalue weighted by Gasteiger charge is 2.23. The van der Waals surface area contributed by atoms with E-state index in [0.717, 1.165) is 5.56 Å². The van der Waals surface area contributed by atoms with E-state index in [1.807, 2.05) is 51.1 Å². The van der Waals surface area contributed by atoms with Crippen molar-refractivity contribution in [2.75, 3.05) is 0 Å².